The first kappa shape index (κ1) is 18.4. The molecule has 0 spiro atoms. The average Bonchev–Trinajstić information content (AvgIpc) is 2.36. The van der Waals surface area contributed by atoms with Crippen LogP contribution in [0.4, 0.5) is 9.18 Å². The van der Waals surface area contributed by atoms with E-state index in [1.54, 1.807) is 6.92 Å². The lowest BCUT2D eigenvalue weighted by Crippen LogP contribution is -2.42. The predicted octanol–water partition coefficient (Wildman–Crippen LogP) is 4.36. The molecule has 1 rings (SSSR count). The van der Waals surface area contributed by atoms with Crippen molar-refractivity contribution < 1.29 is 18.7 Å². The molecule has 0 bridgehead atoms. The van der Waals surface area contributed by atoms with Crippen molar-refractivity contribution in [2.45, 2.75) is 52.2 Å². The molecular formula is C16H21ClFNO3. The SMILES string of the molecule is C[C@@H](CCC(=O)c1ccc(F)c(Cl)c1)OC(=O)NC(C)(C)C. The van der Waals surface area contributed by atoms with Crippen LogP contribution >= 0.6 is 11.6 Å². The topological polar surface area (TPSA) is 55.4 Å². The molecule has 0 aliphatic heterocycles. The summed E-state index contributed by atoms with van der Waals surface area (Å²) in [6, 6.07) is 3.85. The number of amides is 1. The fourth-order valence-corrected chi connectivity index (χ4v) is 1.91. The van der Waals surface area contributed by atoms with Gasteiger partial charge >= 0.3 is 6.09 Å². The summed E-state index contributed by atoms with van der Waals surface area (Å²) < 4.78 is 18.2. The monoisotopic (exact) mass is 329 g/mol. The molecule has 0 aromatic heterocycles. The van der Waals surface area contributed by atoms with E-state index in [1.165, 1.54) is 12.1 Å². The molecule has 0 fully saturated rings. The number of halogens is 2. The number of benzene rings is 1. The number of alkyl carbamates (subject to hydrolysis) is 1. The summed E-state index contributed by atoms with van der Waals surface area (Å²) in [6.45, 7) is 7.26. The van der Waals surface area contributed by atoms with Crippen molar-refractivity contribution in [2.24, 2.45) is 0 Å². The van der Waals surface area contributed by atoms with Gasteiger partial charge in [0.15, 0.2) is 5.78 Å². The zero-order valence-electron chi connectivity index (χ0n) is 13.2. The number of hydrogen-bond donors (Lipinski definition) is 1. The van der Waals surface area contributed by atoms with Gasteiger partial charge < -0.3 is 10.1 Å². The molecule has 0 aliphatic rings. The van der Waals surface area contributed by atoms with E-state index in [-0.39, 0.29) is 22.8 Å². The Morgan fingerprint density at radius 1 is 1.36 bits per heavy atom. The molecule has 1 amide bonds. The van der Waals surface area contributed by atoms with E-state index in [0.29, 0.717) is 12.0 Å². The van der Waals surface area contributed by atoms with Crippen LogP contribution in [0.2, 0.25) is 5.02 Å². The maximum absolute atomic E-state index is 13.0. The number of hydrogen-bond acceptors (Lipinski definition) is 3. The minimum absolute atomic E-state index is 0.0836. The Morgan fingerprint density at radius 3 is 2.55 bits per heavy atom. The molecule has 6 heteroatoms. The molecule has 22 heavy (non-hydrogen) atoms. The predicted molar refractivity (Wildman–Crippen MR) is 83.8 cm³/mol. The van der Waals surface area contributed by atoms with E-state index >= 15 is 0 Å². The van der Waals surface area contributed by atoms with Crippen LogP contribution in [0.25, 0.3) is 0 Å². The molecule has 0 saturated heterocycles. The Labute approximate surface area is 135 Å². The van der Waals surface area contributed by atoms with E-state index in [4.69, 9.17) is 16.3 Å². The fourth-order valence-electron chi connectivity index (χ4n) is 1.73. The summed E-state index contributed by atoms with van der Waals surface area (Å²) in [4.78, 5) is 23.6. The largest absolute Gasteiger partial charge is 0.447 e. The molecule has 1 aromatic rings. The standard InChI is InChI=1S/C16H21ClFNO3/c1-10(22-15(21)19-16(2,3)4)5-8-14(20)11-6-7-13(18)12(17)9-11/h6-7,9-10H,5,8H2,1-4H3,(H,19,21)/t10-/m0/s1. The normalized spacial score (nSPS) is 12.6. The Balaban J connectivity index is 2.46. The first-order valence-electron chi connectivity index (χ1n) is 7.05. The van der Waals surface area contributed by atoms with Crippen LogP contribution < -0.4 is 5.32 Å². The lowest BCUT2D eigenvalue weighted by atomic mass is 10.0. The first-order chi connectivity index (χ1) is 10.1. The van der Waals surface area contributed by atoms with Gasteiger partial charge in [-0.05, 0) is 52.3 Å². The lowest BCUT2D eigenvalue weighted by Gasteiger charge is -2.22. The fraction of sp³-hybridized carbons (Fsp3) is 0.500. The van der Waals surface area contributed by atoms with Gasteiger partial charge in [0.05, 0.1) is 5.02 Å². The molecular weight excluding hydrogens is 309 g/mol. The summed E-state index contributed by atoms with van der Waals surface area (Å²) in [5.41, 5.74) is -0.0324. The smallest absolute Gasteiger partial charge is 0.407 e. The Kier molecular flexibility index (Phi) is 6.35. The molecule has 4 nitrogen and oxygen atoms in total. The summed E-state index contributed by atoms with van der Waals surface area (Å²) in [7, 11) is 0. The van der Waals surface area contributed by atoms with Gasteiger partial charge in [-0.15, -0.1) is 0 Å². The second-order valence-corrected chi connectivity index (χ2v) is 6.59. The van der Waals surface area contributed by atoms with E-state index < -0.39 is 18.0 Å². The molecule has 0 radical (unpaired) electrons. The maximum Gasteiger partial charge on any atom is 0.407 e. The molecule has 1 atom stereocenters. The van der Waals surface area contributed by atoms with Gasteiger partial charge in [-0.3, -0.25) is 4.79 Å². The van der Waals surface area contributed by atoms with Crippen molar-refractivity contribution >= 4 is 23.5 Å². The number of carbonyl (C=O) groups is 2. The number of ether oxygens (including phenoxy) is 1. The number of nitrogens with one attached hydrogen (secondary N) is 1. The Bertz CT molecular complexity index is 555. The highest BCUT2D eigenvalue weighted by atomic mass is 35.5. The highest BCUT2D eigenvalue weighted by molar-refractivity contribution is 6.31. The second-order valence-electron chi connectivity index (χ2n) is 6.18. The third-order valence-corrected chi connectivity index (χ3v) is 3.09. The van der Waals surface area contributed by atoms with Crippen molar-refractivity contribution in [1.29, 1.82) is 0 Å². The molecule has 0 heterocycles. The van der Waals surface area contributed by atoms with Gasteiger partial charge in [0, 0.05) is 17.5 Å². The van der Waals surface area contributed by atoms with Gasteiger partial charge in [0.2, 0.25) is 0 Å². The molecule has 1 aromatic carbocycles. The lowest BCUT2D eigenvalue weighted by molar-refractivity contribution is 0.0842. The Hall–Kier alpha value is -1.62. The van der Waals surface area contributed by atoms with E-state index in [9.17, 15) is 14.0 Å². The second kappa shape index (κ2) is 7.58. The van der Waals surface area contributed by atoms with Gasteiger partial charge in [-0.1, -0.05) is 11.6 Å². The van der Waals surface area contributed by atoms with E-state index in [2.05, 4.69) is 5.32 Å². The summed E-state index contributed by atoms with van der Waals surface area (Å²) in [5, 5.41) is 2.59. The van der Waals surface area contributed by atoms with Gasteiger partial charge in [-0.25, -0.2) is 9.18 Å². The van der Waals surface area contributed by atoms with Crippen molar-refractivity contribution in [3.05, 3.63) is 34.6 Å². The van der Waals surface area contributed by atoms with Crippen molar-refractivity contribution in [3.63, 3.8) is 0 Å². The van der Waals surface area contributed by atoms with Crippen molar-refractivity contribution in [2.75, 3.05) is 0 Å². The highest BCUT2D eigenvalue weighted by Crippen LogP contribution is 2.18. The zero-order chi connectivity index (χ0) is 16.9. The number of ketones is 1. The van der Waals surface area contributed by atoms with Gasteiger partial charge in [0.25, 0.3) is 0 Å². The first-order valence-corrected chi connectivity index (χ1v) is 7.43. The summed E-state index contributed by atoms with van der Waals surface area (Å²) in [6.07, 6.45) is -0.350. The Morgan fingerprint density at radius 2 is 2.00 bits per heavy atom. The molecule has 0 unspecified atom stereocenters. The minimum Gasteiger partial charge on any atom is -0.447 e. The number of Topliss-reactive ketones (excluding diaryl/α,β-unsaturated/α-hetero) is 1. The third-order valence-electron chi connectivity index (χ3n) is 2.80. The van der Waals surface area contributed by atoms with Crippen molar-refractivity contribution in [1.82, 2.24) is 5.32 Å². The van der Waals surface area contributed by atoms with Crippen LogP contribution in [0.1, 0.15) is 50.9 Å². The summed E-state index contributed by atoms with van der Waals surface area (Å²) >= 11 is 5.65. The van der Waals surface area contributed by atoms with Crippen LogP contribution in [0.3, 0.4) is 0 Å². The zero-order valence-corrected chi connectivity index (χ0v) is 14.0. The van der Waals surface area contributed by atoms with Crippen LogP contribution in [0.15, 0.2) is 18.2 Å². The van der Waals surface area contributed by atoms with Gasteiger partial charge in [0.1, 0.15) is 11.9 Å². The highest BCUT2D eigenvalue weighted by Gasteiger charge is 2.18. The van der Waals surface area contributed by atoms with E-state index in [1.807, 2.05) is 20.8 Å². The maximum atomic E-state index is 13.0. The summed E-state index contributed by atoms with van der Waals surface area (Å²) in [5.74, 6) is -0.734. The average molecular weight is 330 g/mol. The molecule has 0 saturated carbocycles. The van der Waals surface area contributed by atoms with Crippen molar-refractivity contribution in [3.8, 4) is 0 Å². The quantitative estimate of drug-likeness (QED) is 0.817. The molecule has 0 aliphatic carbocycles. The number of carbonyl (C=O) groups excluding carboxylic acids is 2. The van der Waals surface area contributed by atoms with Crippen LogP contribution in [0.5, 0.6) is 0 Å². The number of rotatable bonds is 5. The van der Waals surface area contributed by atoms with Gasteiger partial charge in [-0.2, -0.15) is 0 Å². The van der Waals surface area contributed by atoms with E-state index in [0.717, 1.165) is 6.07 Å². The third kappa shape index (κ3) is 6.43. The molecule has 122 valence electrons. The minimum atomic E-state index is -0.561. The van der Waals surface area contributed by atoms with Crippen LogP contribution in [0, 0.1) is 5.82 Å². The van der Waals surface area contributed by atoms with Crippen LogP contribution in [-0.4, -0.2) is 23.5 Å². The van der Waals surface area contributed by atoms with Crippen LogP contribution in [-0.2, 0) is 4.74 Å². The molecule has 1 N–H and O–H groups in total.